The van der Waals surface area contributed by atoms with Gasteiger partial charge in [-0.05, 0) is 12.1 Å². The second kappa shape index (κ2) is 12.1. The fourth-order valence-corrected chi connectivity index (χ4v) is 15.5. The Balaban J connectivity index is 0. The van der Waals surface area contributed by atoms with Gasteiger partial charge in [0, 0.05) is 29.4 Å². The van der Waals surface area contributed by atoms with E-state index in [1.165, 1.54) is 10.4 Å². The molecule has 0 radical (unpaired) electrons. The molecule has 0 spiro atoms. The van der Waals surface area contributed by atoms with Crippen molar-refractivity contribution >= 4 is 24.2 Å². The van der Waals surface area contributed by atoms with E-state index < -0.39 is 24.2 Å². The molecule has 0 bridgehead atoms. The minimum atomic E-state index is -1.81. The molecule has 0 aromatic rings. The first-order chi connectivity index (χ1) is 11.6. The Morgan fingerprint density at radius 3 is 1.36 bits per heavy atom. The molecule has 0 atom stereocenters. The van der Waals surface area contributed by atoms with Gasteiger partial charge >= 0.3 is 26.2 Å². The number of hydrogen-bond donors (Lipinski definition) is 2. The molecule has 2 N–H and O–H groups in total. The van der Waals surface area contributed by atoms with Crippen LogP contribution in [-0.4, -0.2) is 47.6 Å². The summed E-state index contributed by atoms with van der Waals surface area (Å²) in [7, 11) is -5.09. The molecular formula is C20H34Cl2O2Si3Zr. The molecule has 8 heteroatoms. The van der Waals surface area contributed by atoms with E-state index in [2.05, 4.69) is 63.6 Å². The van der Waals surface area contributed by atoms with Crippen molar-refractivity contribution in [3.05, 3.63) is 45.1 Å². The summed E-state index contributed by atoms with van der Waals surface area (Å²) in [5.41, 5.74) is 0. The predicted molar refractivity (Wildman–Crippen MR) is 115 cm³/mol. The minimum absolute atomic E-state index is 0. The van der Waals surface area contributed by atoms with Gasteiger partial charge in [0.2, 0.25) is 0 Å². The number of aliphatic hydroxyl groups is 2. The zero-order valence-electron chi connectivity index (χ0n) is 18.0. The standard InChI is InChI=1S/C20H34O2Si3.2ClH.Zr/c1-23(2,15-13-21)17-9-7-11-19(17)25(5,6)20-12-8-10-18(20)24(3,4)16-14-22;;;/h11-12,21-22H,7-8,13-16H2,1-6H3;2*1H;/q-2;;;+4/p-2. The molecule has 2 aliphatic carbocycles. The Morgan fingerprint density at radius 1 is 0.750 bits per heavy atom. The van der Waals surface area contributed by atoms with E-state index in [9.17, 15) is 10.2 Å². The molecule has 156 valence electrons. The first kappa shape index (κ1) is 31.2. The van der Waals surface area contributed by atoms with Gasteiger partial charge in [-0.3, -0.25) is 12.2 Å². The zero-order chi connectivity index (χ0) is 18.9. The molecular weight excluding hydrogens is 519 g/mol. The second-order valence-electron chi connectivity index (χ2n) is 9.09. The van der Waals surface area contributed by atoms with Crippen molar-refractivity contribution < 1.29 is 61.2 Å². The minimum Gasteiger partial charge on any atom is -1.00 e. The Kier molecular flexibility index (Phi) is 13.5. The van der Waals surface area contributed by atoms with Crippen LogP contribution in [0.3, 0.4) is 0 Å². The van der Waals surface area contributed by atoms with Crippen LogP contribution < -0.4 is 24.8 Å². The Hall–Kier alpha value is 0.994. The number of allylic oxidation sites excluding steroid dienone is 8. The van der Waals surface area contributed by atoms with Crippen molar-refractivity contribution in [1.82, 2.24) is 0 Å². The molecule has 2 nitrogen and oxygen atoms in total. The summed E-state index contributed by atoms with van der Waals surface area (Å²) in [5.74, 6) is 0. The van der Waals surface area contributed by atoms with E-state index in [1.807, 2.05) is 0 Å². The van der Waals surface area contributed by atoms with Gasteiger partial charge in [0.15, 0.2) is 0 Å². The summed E-state index contributed by atoms with van der Waals surface area (Å²) in [4.78, 5) is 0. The van der Waals surface area contributed by atoms with Crippen LogP contribution >= 0.6 is 0 Å². The van der Waals surface area contributed by atoms with Crippen LogP contribution in [0.1, 0.15) is 12.8 Å². The average Bonchev–Trinajstić information content (AvgIpc) is 3.17. The Bertz CT molecular complexity index is 600. The van der Waals surface area contributed by atoms with Crippen LogP contribution in [0.2, 0.25) is 51.4 Å². The maximum absolute atomic E-state index is 9.51. The van der Waals surface area contributed by atoms with Gasteiger partial charge in [0.1, 0.15) is 0 Å². The van der Waals surface area contributed by atoms with Gasteiger partial charge < -0.3 is 35.0 Å². The van der Waals surface area contributed by atoms with E-state index in [0.29, 0.717) is 0 Å². The van der Waals surface area contributed by atoms with E-state index >= 15 is 0 Å². The van der Waals surface area contributed by atoms with Crippen LogP contribution in [-0.2, 0) is 26.2 Å². The topological polar surface area (TPSA) is 40.5 Å². The molecule has 0 fully saturated rings. The van der Waals surface area contributed by atoms with Crippen LogP contribution in [0.5, 0.6) is 0 Å². The van der Waals surface area contributed by atoms with Gasteiger partial charge in [0.05, 0.1) is 0 Å². The number of rotatable bonds is 8. The monoisotopic (exact) mass is 550 g/mol. The third kappa shape index (κ3) is 6.49. The fraction of sp³-hybridized carbons (Fsp3) is 0.600. The summed E-state index contributed by atoms with van der Waals surface area (Å²) in [5, 5.41) is 25.1. The summed E-state index contributed by atoms with van der Waals surface area (Å²) >= 11 is 0. The first-order valence-electron chi connectivity index (χ1n) is 9.44. The molecule has 0 saturated heterocycles. The SMILES string of the molecule is C[Si](C)(CCO)C1=[C-]CC=C1[Si](C)(C)C1=CC[C-]=C1[Si](C)(C)CCO.[Cl-].[Cl-].[Zr+4]. The molecule has 0 aromatic heterocycles. The fourth-order valence-electron chi connectivity index (χ4n) is 4.20. The maximum Gasteiger partial charge on any atom is 4.00 e. The van der Waals surface area contributed by atoms with Crippen molar-refractivity contribution in [1.29, 1.82) is 0 Å². The molecule has 0 aliphatic heterocycles. The molecule has 0 amide bonds. The first-order valence-corrected chi connectivity index (χ1v) is 18.9. The van der Waals surface area contributed by atoms with Crippen LogP contribution in [0.15, 0.2) is 32.9 Å². The predicted octanol–water partition coefficient (Wildman–Crippen LogP) is -1.62. The number of aliphatic hydroxyl groups excluding tert-OH is 2. The summed E-state index contributed by atoms with van der Waals surface area (Å²) in [6.07, 6.45) is 14.0. The molecule has 0 unspecified atom stereocenters. The average molecular weight is 553 g/mol. The van der Waals surface area contributed by atoms with Crippen molar-refractivity contribution in [2.24, 2.45) is 0 Å². The Morgan fingerprint density at radius 2 is 1.07 bits per heavy atom. The zero-order valence-corrected chi connectivity index (χ0v) is 25.0. The van der Waals surface area contributed by atoms with E-state index in [-0.39, 0.29) is 64.2 Å². The summed E-state index contributed by atoms with van der Waals surface area (Å²) in [6, 6.07) is 1.82. The second-order valence-corrected chi connectivity index (χ2v) is 23.0. The number of halogens is 2. The van der Waals surface area contributed by atoms with Crippen LogP contribution in [0.4, 0.5) is 0 Å². The van der Waals surface area contributed by atoms with Gasteiger partial charge in [-0.25, -0.2) is 20.8 Å². The van der Waals surface area contributed by atoms with E-state index in [0.717, 1.165) is 24.9 Å². The van der Waals surface area contributed by atoms with Crippen molar-refractivity contribution in [3.63, 3.8) is 0 Å². The molecule has 0 heterocycles. The third-order valence-corrected chi connectivity index (χ3v) is 16.5. The quantitative estimate of drug-likeness (QED) is 0.281. The van der Waals surface area contributed by atoms with Crippen LogP contribution in [0, 0.1) is 12.2 Å². The molecule has 0 saturated carbocycles. The maximum atomic E-state index is 9.51. The molecule has 2 aliphatic rings. The van der Waals surface area contributed by atoms with Crippen LogP contribution in [0.25, 0.3) is 0 Å². The van der Waals surface area contributed by atoms with Gasteiger partial charge in [-0.15, -0.1) is 12.8 Å². The summed E-state index contributed by atoms with van der Waals surface area (Å²) in [6.45, 7) is 15.0. The normalized spacial score (nSPS) is 16.9. The molecule has 0 aromatic carbocycles. The van der Waals surface area contributed by atoms with E-state index in [1.54, 1.807) is 10.4 Å². The Labute approximate surface area is 206 Å². The largest absolute Gasteiger partial charge is 4.00 e. The van der Waals surface area contributed by atoms with Crippen molar-refractivity contribution in [2.45, 2.75) is 64.2 Å². The number of hydrogen-bond acceptors (Lipinski definition) is 2. The van der Waals surface area contributed by atoms with Gasteiger partial charge in [0.25, 0.3) is 0 Å². The van der Waals surface area contributed by atoms with Crippen molar-refractivity contribution in [3.8, 4) is 0 Å². The summed E-state index contributed by atoms with van der Waals surface area (Å²) < 4.78 is 0. The van der Waals surface area contributed by atoms with Crippen molar-refractivity contribution in [2.75, 3.05) is 13.2 Å². The van der Waals surface area contributed by atoms with Gasteiger partial charge in [-0.2, -0.15) is 12.2 Å². The molecule has 2 rings (SSSR count). The van der Waals surface area contributed by atoms with Gasteiger partial charge in [-0.1, -0.05) is 47.4 Å². The molecule has 28 heavy (non-hydrogen) atoms. The third-order valence-electron chi connectivity index (χ3n) is 5.88. The smallest absolute Gasteiger partial charge is 1.00 e. The van der Waals surface area contributed by atoms with E-state index in [4.69, 9.17) is 0 Å².